The normalized spacial score (nSPS) is 14.4. The van der Waals surface area contributed by atoms with Crippen LogP contribution in [0.2, 0.25) is 0 Å². The van der Waals surface area contributed by atoms with Crippen LogP contribution in [0, 0.1) is 5.82 Å². The molecule has 0 radical (unpaired) electrons. The van der Waals surface area contributed by atoms with E-state index in [9.17, 15) is 9.18 Å². The molecule has 0 unspecified atom stereocenters. The highest BCUT2D eigenvalue weighted by Gasteiger charge is 2.27. The summed E-state index contributed by atoms with van der Waals surface area (Å²) in [5.74, 6) is 1.37. The van der Waals surface area contributed by atoms with Crippen LogP contribution in [0.1, 0.15) is 10.5 Å². The van der Waals surface area contributed by atoms with Crippen LogP contribution >= 0.6 is 11.8 Å². The molecule has 3 heterocycles. The number of rotatable bonds is 3. The number of carbonyl (C=O) groups excluding carboxylic acids is 1. The Labute approximate surface area is 154 Å². The topological polar surface area (TPSA) is 63.9 Å². The van der Waals surface area contributed by atoms with Gasteiger partial charge in [-0.2, -0.15) is 11.8 Å². The van der Waals surface area contributed by atoms with Crippen LogP contribution in [0.3, 0.4) is 0 Å². The largest absolute Gasteiger partial charge is 0.336 e. The quantitative estimate of drug-likeness (QED) is 0.710. The van der Waals surface area contributed by atoms with E-state index in [1.807, 2.05) is 23.9 Å². The maximum absolute atomic E-state index is 13.3. The zero-order valence-corrected chi connectivity index (χ0v) is 14.7. The number of nitrogens with zero attached hydrogens (tertiary/aromatic N) is 5. The Morgan fingerprint density at radius 2 is 1.73 bits per heavy atom. The van der Waals surface area contributed by atoms with Gasteiger partial charge in [-0.25, -0.2) is 9.07 Å². The molecular formula is C18H16FN5OS. The predicted molar refractivity (Wildman–Crippen MR) is 97.8 cm³/mol. The van der Waals surface area contributed by atoms with E-state index in [0.717, 1.165) is 17.1 Å². The number of carbonyl (C=O) groups is 1. The molecule has 0 bridgehead atoms. The third kappa shape index (κ3) is 3.20. The Hall–Kier alpha value is -2.74. The minimum absolute atomic E-state index is 0.134. The third-order valence-corrected chi connectivity index (χ3v) is 5.14. The fourth-order valence-electron chi connectivity index (χ4n) is 2.87. The number of pyridine rings is 1. The summed E-state index contributed by atoms with van der Waals surface area (Å²) in [5, 5.41) is 8.35. The fourth-order valence-corrected chi connectivity index (χ4v) is 3.78. The van der Waals surface area contributed by atoms with Crippen LogP contribution in [0.4, 0.5) is 4.39 Å². The second-order valence-electron chi connectivity index (χ2n) is 5.82. The summed E-state index contributed by atoms with van der Waals surface area (Å²) < 4.78 is 14.9. The van der Waals surface area contributed by atoms with Crippen LogP contribution in [-0.2, 0) is 0 Å². The SMILES string of the molecule is O=C(c1nnn(-c2ccc(F)cc2)c1-c1ccncc1)N1CCSCC1. The molecule has 1 fully saturated rings. The Balaban J connectivity index is 1.82. The van der Waals surface area contributed by atoms with Crippen molar-refractivity contribution in [1.82, 2.24) is 24.9 Å². The number of hydrogen-bond donors (Lipinski definition) is 0. The average molecular weight is 369 g/mol. The standard InChI is InChI=1S/C18H16FN5OS/c19-14-1-3-15(4-2-14)24-17(13-5-7-20-8-6-13)16(21-22-24)18(25)23-9-11-26-12-10-23/h1-8H,9-12H2. The summed E-state index contributed by atoms with van der Waals surface area (Å²) in [6.07, 6.45) is 3.31. The first-order valence-electron chi connectivity index (χ1n) is 8.23. The van der Waals surface area contributed by atoms with Crippen molar-refractivity contribution in [3.8, 4) is 16.9 Å². The highest BCUT2D eigenvalue weighted by molar-refractivity contribution is 7.99. The third-order valence-electron chi connectivity index (χ3n) is 4.20. The molecule has 1 saturated heterocycles. The molecule has 6 nitrogen and oxygen atoms in total. The zero-order valence-electron chi connectivity index (χ0n) is 13.9. The van der Waals surface area contributed by atoms with Gasteiger partial charge in [0.25, 0.3) is 5.91 Å². The van der Waals surface area contributed by atoms with Gasteiger partial charge < -0.3 is 4.90 Å². The van der Waals surface area contributed by atoms with Crippen molar-refractivity contribution >= 4 is 17.7 Å². The van der Waals surface area contributed by atoms with Crippen molar-refractivity contribution in [3.63, 3.8) is 0 Å². The molecule has 2 aromatic heterocycles. The molecule has 0 spiro atoms. The molecule has 132 valence electrons. The monoisotopic (exact) mass is 369 g/mol. The molecule has 4 rings (SSSR count). The first kappa shape index (κ1) is 16.7. The molecular weight excluding hydrogens is 353 g/mol. The van der Waals surface area contributed by atoms with E-state index in [-0.39, 0.29) is 11.7 Å². The first-order chi connectivity index (χ1) is 12.7. The van der Waals surface area contributed by atoms with Crippen LogP contribution in [0.15, 0.2) is 48.8 Å². The number of aromatic nitrogens is 4. The molecule has 8 heteroatoms. The Morgan fingerprint density at radius 1 is 1.04 bits per heavy atom. The van der Waals surface area contributed by atoms with Gasteiger partial charge in [-0.1, -0.05) is 5.21 Å². The van der Waals surface area contributed by atoms with E-state index >= 15 is 0 Å². The lowest BCUT2D eigenvalue weighted by Gasteiger charge is -2.25. The second-order valence-corrected chi connectivity index (χ2v) is 7.04. The second kappa shape index (κ2) is 7.25. The Bertz CT molecular complexity index is 907. The van der Waals surface area contributed by atoms with Gasteiger partial charge >= 0.3 is 0 Å². The highest BCUT2D eigenvalue weighted by Crippen LogP contribution is 2.26. The predicted octanol–water partition coefficient (Wildman–Crippen LogP) is 2.66. The molecule has 0 N–H and O–H groups in total. The van der Waals surface area contributed by atoms with Gasteiger partial charge in [0, 0.05) is 42.6 Å². The van der Waals surface area contributed by atoms with E-state index in [0.29, 0.717) is 30.2 Å². The highest BCUT2D eigenvalue weighted by atomic mass is 32.2. The number of hydrogen-bond acceptors (Lipinski definition) is 5. The average Bonchev–Trinajstić information content (AvgIpc) is 3.14. The Morgan fingerprint density at radius 3 is 2.42 bits per heavy atom. The lowest BCUT2D eigenvalue weighted by Crippen LogP contribution is -2.38. The Kier molecular flexibility index (Phi) is 4.66. The number of thioether (sulfide) groups is 1. The number of amides is 1. The molecule has 1 aliphatic rings. The summed E-state index contributed by atoms with van der Waals surface area (Å²) in [6, 6.07) is 9.55. The van der Waals surface area contributed by atoms with Crippen molar-refractivity contribution in [1.29, 1.82) is 0 Å². The minimum atomic E-state index is -0.332. The maximum Gasteiger partial charge on any atom is 0.276 e. The van der Waals surface area contributed by atoms with Crippen molar-refractivity contribution in [2.45, 2.75) is 0 Å². The van der Waals surface area contributed by atoms with E-state index in [1.165, 1.54) is 12.1 Å². The van der Waals surface area contributed by atoms with Gasteiger partial charge in [-0.3, -0.25) is 9.78 Å². The molecule has 0 atom stereocenters. The van der Waals surface area contributed by atoms with E-state index in [2.05, 4.69) is 15.3 Å². The summed E-state index contributed by atoms with van der Waals surface area (Å²) in [4.78, 5) is 18.9. The lowest BCUT2D eigenvalue weighted by molar-refractivity contribution is 0.0767. The van der Waals surface area contributed by atoms with Gasteiger partial charge in [0.1, 0.15) is 11.5 Å². The fraction of sp³-hybridized carbons (Fsp3) is 0.222. The molecule has 1 aliphatic heterocycles. The van der Waals surface area contributed by atoms with Crippen LogP contribution in [-0.4, -0.2) is 55.4 Å². The van der Waals surface area contributed by atoms with Gasteiger partial charge in [-0.15, -0.1) is 5.10 Å². The molecule has 1 aromatic carbocycles. The lowest BCUT2D eigenvalue weighted by atomic mass is 10.1. The summed E-state index contributed by atoms with van der Waals surface area (Å²) in [7, 11) is 0. The van der Waals surface area contributed by atoms with Gasteiger partial charge in [0.05, 0.1) is 5.69 Å². The van der Waals surface area contributed by atoms with Crippen molar-refractivity contribution < 1.29 is 9.18 Å². The summed E-state index contributed by atoms with van der Waals surface area (Å²) >= 11 is 1.84. The molecule has 0 aliphatic carbocycles. The smallest absolute Gasteiger partial charge is 0.276 e. The summed E-state index contributed by atoms with van der Waals surface area (Å²) in [5.41, 5.74) is 2.30. The van der Waals surface area contributed by atoms with Crippen molar-refractivity contribution in [2.24, 2.45) is 0 Å². The van der Waals surface area contributed by atoms with Gasteiger partial charge in [0.15, 0.2) is 5.69 Å². The van der Waals surface area contributed by atoms with Gasteiger partial charge in [0.2, 0.25) is 0 Å². The first-order valence-corrected chi connectivity index (χ1v) is 9.38. The van der Waals surface area contributed by atoms with Crippen molar-refractivity contribution in [2.75, 3.05) is 24.6 Å². The summed E-state index contributed by atoms with van der Waals surface area (Å²) in [6.45, 7) is 1.39. The van der Waals surface area contributed by atoms with Gasteiger partial charge in [-0.05, 0) is 36.4 Å². The molecule has 26 heavy (non-hydrogen) atoms. The molecule has 0 saturated carbocycles. The zero-order chi connectivity index (χ0) is 17.9. The maximum atomic E-state index is 13.3. The van der Waals surface area contributed by atoms with E-state index in [4.69, 9.17) is 0 Å². The van der Waals surface area contributed by atoms with Crippen LogP contribution in [0.25, 0.3) is 16.9 Å². The van der Waals surface area contributed by atoms with Crippen LogP contribution in [0.5, 0.6) is 0 Å². The molecule has 1 amide bonds. The van der Waals surface area contributed by atoms with Crippen LogP contribution < -0.4 is 0 Å². The minimum Gasteiger partial charge on any atom is -0.336 e. The van der Waals surface area contributed by atoms with E-state index in [1.54, 1.807) is 34.1 Å². The number of halogens is 1. The van der Waals surface area contributed by atoms with E-state index < -0.39 is 0 Å². The molecule has 3 aromatic rings. The van der Waals surface area contributed by atoms with Crippen molar-refractivity contribution in [3.05, 3.63) is 60.3 Å². The number of benzene rings is 1.